The Hall–Kier alpha value is -0.870. The lowest BCUT2D eigenvalue weighted by Crippen LogP contribution is -2.46. The van der Waals surface area contributed by atoms with Gasteiger partial charge in [0.25, 0.3) is 0 Å². The van der Waals surface area contributed by atoms with Crippen LogP contribution in [0.2, 0.25) is 0 Å². The van der Waals surface area contributed by atoms with E-state index in [0.29, 0.717) is 6.04 Å². The Balaban J connectivity index is 1.92. The van der Waals surface area contributed by atoms with Crippen molar-refractivity contribution < 1.29 is 4.79 Å². The summed E-state index contributed by atoms with van der Waals surface area (Å²) in [5, 5.41) is 5.60. The number of hydrogen-bond donors (Lipinski definition) is 1. The Kier molecular flexibility index (Phi) is 6.05. The van der Waals surface area contributed by atoms with Crippen molar-refractivity contribution in [3.63, 3.8) is 0 Å². The molecule has 4 heteroatoms. The van der Waals surface area contributed by atoms with Crippen LogP contribution in [-0.2, 0) is 4.79 Å². The fourth-order valence-electron chi connectivity index (χ4n) is 2.83. The van der Waals surface area contributed by atoms with Gasteiger partial charge in [0.1, 0.15) is 0 Å². The van der Waals surface area contributed by atoms with E-state index in [1.165, 1.54) is 17.7 Å². The normalized spacial score (nSPS) is 19.4. The first kappa shape index (κ1) is 15.5. The summed E-state index contributed by atoms with van der Waals surface area (Å²) in [7, 11) is 0. The molecule has 0 saturated carbocycles. The third kappa shape index (κ3) is 4.06. The van der Waals surface area contributed by atoms with Crippen LogP contribution in [-0.4, -0.2) is 29.9 Å². The molecule has 1 N–H and O–H groups in total. The minimum Gasteiger partial charge on any atom is -0.341 e. The molecule has 0 bridgehead atoms. The molecule has 1 aromatic rings. The number of nitrogens with zero attached hydrogens (tertiary/aromatic N) is 1. The Labute approximate surface area is 126 Å². The summed E-state index contributed by atoms with van der Waals surface area (Å²) in [5.41, 5.74) is 0. The van der Waals surface area contributed by atoms with Crippen molar-refractivity contribution in [3.05, 3.63) is 22.4 Å². The molecule has 1 aromatic heterocycles. The molecular formula is C16H26N2OS. The summed E-state index contributed by atoms with van der Waals surface area (Å²) in [5.74, 6) is 0.266. The minimum atomic E-state index is -0.0971. The maximum atomic E-state index is 12.5. The number of likely N-dealkylation sites (tertiary alicyclic amines) is 1. The van der Waals surface area contributed by atoms with Gasteiger partial charge in [-0.3, -0.25) is 10.1 Å². The van der Waals surface area contributed by atoms with Crippen molar-refractivity contribution in [1.29, 1.82) is 0 Å². The molecule has 1 aliphatic heterocycles. The Morgan fingerprint density at radius 2 is 2.05 bits per heavy atom. The molecular weight excluding hydrogens is 268 g/mol. The van der Waals surface area contributed by atoms with Gasteiger partial charge in [0, 0.05) is 24.0 Å². The van der Waals surface area contributed by atoms with Gasteiger partial charge in [0.2, 0.25) is 5.91 Å². The standard InChI is InChI=1S/C16H26N2OS/c1-3-14(15-9-8-12-20-15)17-13(2)16(19)18-10-6-4-5-7-11-18/h8-9,12-14,17H,3-7,10-11H2,1-2H3. The first-order chi connectivity index (χ1) is 9.72. The highest BCUT2D eigenvalue weighted by atomic mass is 32.1. The van der Waals surface area contributed by atoms with E-state index < -0.39 is 0 Å². The van der Waals surface area contributed by atoms with E-state index in [0.717, 1.165) is 32.4 Å². The predicted octanol–water partition coefficient (Wildman–Crippen LogP) is 3.58. The Bertz CT molecular complexity index is 397. The molecule has 1 amide bonds. The first-order valence-corrected chi connectivity index (χ1v) is 8.68. The monoisotopic (exact) mass is 294 g/mol. The number of carbonyl (C=O) groups excluding carboxylic acids is 1. The summed E-state index contributed by atoms with van der Waals surface area (Å²) >= 11 is 1.76. The van der Waals surface area contributed by atoms with Crippen LogP contribution < -0.4 is 5.32 Å². The molecule has 2 rings (SSSR count). The van der Waals surface area contributed by atoms with E-state index in [1.807, 2.05) is 11.8 Å². The zero-order valence-electron chi connectivity index (χ0n) is 12.6. The molecule has 20 heavy (non-hydrogen) atoms. The number of amides is 1. The zero-order chi connectivity index (χ0) is 14.4. The van der Waals surface area contributed by atoms with Gasteiger partial charge in [-0.1, -0.05) is 25.8 Å². The van der Waals surface area contributed by atoms with Crippen molar-refractivity contribution in [2.45, 2.75) is 58.0 Å². The molecule has 2 atom stereocenters. The fourth-order valence-corrected chi connectivity index (χ4v) is 3.70. The van der Waals surface area contributed by atoms with E-state index in [4.69, 9.17) is 0 Å². The lowest BCUT2D eigenvalue weighted by molar-refractivity contribution is -0.133. The van der Waals surface area contributed by atoms with Crippen molar-refractivity contribution in [2.24, 2.45) is 0 Å². The molecule has 0 spiro atoms. The van der Waals surface area contributed by atoms with Gasteiger partial charge in [-0.05, 0) is 37.6 Å². The average molecular weight is 294 g/mol. The molecule has 1 aliphatic rings. The van der Waals surface area contributed by atoms with Crippen molar-refractivity contribution in [2.75, 3.05) is 13.1 Å². The van der Waals surface area contributed by atoms with Crippen molar-refractivity contribution in [3.8, 4) is 0 Å². The highest BCUT2D eigenvalue weighted by Crippen LogP contribution is 2.22. The molecule has 0 aliphatic carbocycles. The van der Waals surface area contributed by atoms with Crippen molar-refractivity contribution >= 4 is 17.2 Å². The maximum absolute atomic E-state index is 12.5. The second-order valence-electron chi connectivity index (χ2n) is 5.60. The summed E-state index contributed by atoms with van der Waals surface area (Å²) < 4.78 is 0. The molecule has 112 valence electrons. The van der Waals surface area contributed by atoms with Crippen LogP contribution in [0.5, 0.6) is 0 Å². The molecule has 0 radical (unpaired) electrons. The number of rotatable bonds is 5. The second-order valence-corrected chi connectivity index (χ2v) is 6.58. The minimum absolute atomic E-state index is 0.0971. The second kappa shape index (κ2) is 7.79. The van der Waals surface area contributed by atoms with E-state index in [2.05, 4.69) is 29.8 Å². The Morgan fingerprint density at radius 3 is 2.60 bits per heavy atom. The van der Waals surface area contributed by atoms with E-state index >= 15 is 0 Å². The lowest BCUT2D eigenvalue weighted by Gasteiger charge is -2.27. The van der Waals surface area contributed by atoms with Gasteiger partial charge in [0.05, 0.1) is 6.04 Å². The van der Waals surface area contributed by atoms with E-state index in [1.54, 1.807) is 11.3 Å². The SMILES string of the molecule is CCC(NC(C)C(=O)N1CCCCCC1)c1cccs1. The van der Waals surface area contributed by atoms with Gasteiger partial charge in [-0.15, -0.1) is 11.3 Å². The van der Waals surface area contributed by atoms with Crippen LogP contribution >= 0.6 is 11.3 Å². The third-order valence-corrected chi connectivity index (χ3v) is 5.02. The fraction of sp³-hybridized carbons (Fsp3) is 0.688. The highest BCUT2D eigenvalue weighted by molar-refractivity contribution is 7.10. The topological polar surface area (TPSA) is 32.3 Å². The van der Waals surface area contributed by atoms with Crippen molar-refractivity contribution in [1.82, 2.24) is 10.2 Å². The number of hydrogen-bond acceptors (Lipinski definition) is 3. The van der Waals surface area contributed by atoms with Crippen LogP contribution in [0.1, 0.15) is 56.9 Å². The van der Waals surface area contributed by atoms with Gasteiger partial charge < -0.3 is 4.90 Å². The molecule has 1 fully saturated rings. The molecule has 0 aromatic carbocycles. The molecule has 2 unspecified atom stereocenters. The molecule has 1 saturated heterocycles. The highest BCUT2D eigenvalue weighted by Gasteiger charge is 2.23. The largest absolute Gasteiger partial charge is 0.341 e. The summed E-state index contributed by atoms with van der Waals surface area (Å²) in [4.78, 5) is 15.9. The van der Waals surface area contributed by atoms with Gasteiger partial charge in [-0.25, -0.2) is 0 Å². The predicted molar refractivity (Wildman–Crippen MR) is 85.0 cm³/mol. The Morgan fingerprint density at radius 1 is 1.35 bits per heavy atom. The van der Waals surface area contributed by atoms with Gasteiger partial charge >= 0.3 is 0 Å². The van der Waals surface area contributed by atoms with Crippen LogP contribution in [0, 0.1) is 0 Å². The van der Waals surface area contributed by atoms with E-state index in [9.17, 15) is 4.79 Å². The first-order valence-electron chi connectivity index (χ1n) is 7.80. The lowest BCUT2D eigenvalue weighted by atomic mass is 10.1. The summed E-state index contributed by atoms with van der Waals surface area (Å²) in [6.07, 6.45) is 5.84. The number of thiophene rings is 1. The van der Waals surface area contributed by atoms with Crippen LogP contribution in [0.25, 0.3) is 0 Å². The van der Waals surface area contributed by atoms with Crippen LogP contribution in [0.3, 0.4) is 0 Å². The van der Waals surface area contributed by atoms with Gasteiger partial charge in [-0.2, -0.15) is 0 Å². The number of nitrogens with one attached hydrogen (secondary N) is 1. The van der Waals surface area contributed by atoms with Crippen LogP contribution in [0.15, 0.2) is 17.5 Å². The zero-order valence-corrected chi connectivity index (χ0v) is 13.4. The number of carbonyl (C=O) groups is 1. The average Bonchev–Trinajstić information content (AvgIpc) is 2.85. The van der Waals surface area contributed by atoms with Gasteiger partial charge in [0.15, 0.2) is 0 Å². The molecule has 2 heterocycles. The maximum Gasteiger partial charge on any atom is 0.239 e. The third-order valence-electron chi connectivity index (χ3n) is 4.03. The smallest absolute Gasteiger partial charge is 0.239 e. The quantitative estimate of drug-likeness (QED) is 0.900. The summed E-state index contributed by atoms with van der Waals surface area (Å²) in [6.45, 7) is 6.03. The van der Waals surface area contributed by atoms with E-state index in [-0.39, 0.29) is 11.9 Å². The summed E-state index contributed by atoms with van der Waals surface area (Å²) in [6, 6.07) is 4.42. The van der Waals surface area contributed by atoms with Crippen LogP contribution in [0.4, 0.5) is 0 Å². The molecule has 3 nitrogen and oxygen atoms in total.